The van der Waals surface area contributed by atoms with Crippen molar-refractivity contribution >= 4 is 28.3 Å². The van der Waals surface area contributed by atoms with E-state index in [-0.39, 0.29) is 5.91 Å². The quantitative estimate of drug-likeness (QED) is 0.427. The number of thiazole rings is 1. The SMILES string of the molecule is Cc1nc(CC(=O)N2CCC(n3c(COc4ccccc4)nc4ccccc43)CC2)cs1. The Kier molecular flexibility index (Phi) is 5.90. The van der Waals surface area contributed by atoms with Gasteiger partial charge in [-0.2, -0.15) is 0 Å². The lowest BCUT2D eigenvalue weighted by molar-refractivity contribution is -0.131. The molecule has 32 heavy (non-hydrogen) atoms. The molecule has 1 fully saturated rings. The molecule has 6 nitrogen and oxygen atoms in total. The number of para-hydroxylation sites is 3. The highest BCUT2D eigenvalue weighted by Crippen LogP contribution is 2.30. The van der Waals surface area contributed by atoms with E-state index in [1.54, 1.807) is 11.3 Å². The number of rotatable bonds is 6. The number of imidazole rings is 1. The van der Waals surface area contributed by atoms with Gasteiger partial charge in [0.15, 0.2) is 0 Å². The summed E-state index contributed by atoms with van der Waals surface area (Å²) < 4.78 is 8.35. The molecule has 3 heterocycles. The van der Waals surface area contributed by atoms with Crippen molar-refractivity contribution in [3.05, 3.63) is 76.5 Å². The van der Waals surface area contributed by atoms with Crippen molar-refractivity contribution in [2.45, 2.75) is 38.8 Å². The number of hydrogen-bond acceptors (Lipinski definition) is 5. The number of carbonyl (C=O) groups is 1. The number of amides is 1. The Labute approximate surface area is 191 Å². The van der Waals surface area contributed by atoms with E-state index in [4.69, 9.17) is 9.72 Å². The number of aromatic nitrogens is 3. The fraction of sp³-hybridized carbons (Fsp3) is 0.320. The minimum atomic E-state index is 0.164. The molecule has 5 rings (SSSR count). The molecule has 0 spiro atoms. The first-order valence-corrected chi connectivity index (χ1v) is 11.9. The summed E-state index contributed by atoms with van der Waals surface area (Å²) in [5.74, 6) is 1.93. The molecule has 0 radical (unpaired) electrons. The predicted molar refractivity (Wildman–Crippen MR) is 126 cm³/mol. The highest BCUT2D eigenvalue weighted by molar-refractivity contribution is 7.09. The van der Waals surface area contributed by atoms with Gasteiger partial charge in [-0.3, -0.25) is 4.79 Å². The molecule has 1 aliphatic rings. The minimum Gasteiger partial charge on any atom is -0.486 e. The zero-order valence-electron chi connectivity index (χ0n) is 18.1. The number of ether oxygens (including phenoxy) is 1. The number of carbonyl (C=O) groups excluding carboxylic acids is 1. The monoisotopic (exact) mass is 446 g/mol. The van der Waals surface area contributed by atoms with Crippen LogP contribution in [0.4, 0.5) is 0 Å². The van der Waals surface area contributed by atoms with Crippen LogP contribution < -0.4 is 4.74 Å². The van der Waals surface area contributed by atoms with E-state index in [2.05, 4.69) is 21.7 Å². The number of hydrogen-bond donors (Lipinski definition) is 0. The molecule has 7 heteroatoms. The van der Waals surface area contributed by atoms with Crippen LogP contribution in [-0.2, 0) is 17.8 Å². The van der Waals surface area contributed by atoms with Crippen molar-refractivity contribution in [3.8, 4) is 5.75 Å². The molecule has 164 valence electrons. The normalized spacial score (nSPS) is 14.7. The summed E-state index contributed by atoms with van der Waals surface area (Å²) in [6, 6.07) is 18.4. The fourth-order valence-electron chi connectivity index (χ4n) is 4.40. The molecule has 0 bridgehead atoms. The van der Waals surface area contributed by atoms with E-state index in [9.17, 15) is 4.79 Å². The Morgan fingerprint density at radius 3 is 2.56 bits per heavy atom. The molecule has 0 N–H and O–H groups in total. The van der Waals surface area contributed by atoms with Gasteiger partial charge in [0.2, 0.25) is 5.91 Å². The zero-order valence-corrected chi connectivity index (χ0v) is 18.9. The smallest absolute Gasteiger partial charge is 0.228 e. The van der Waals surface area contributed by atoms with E-state index in [1.165, 1.54) is 0 Å². The molecule has 0 aliphatic carbocycles. The molecule has 1 saturated heterocycles. The van der Waals surface area contributed by atoms with Crippen molar-refractivity contribution in [2.24, 2.45) is 0 Å². The molecular formula is C25H26N4O2S. The Hall–Kier alpha value is -3.19. The van der Waals surface area contributed by atoms with Crippen molar-refractivity contribution in [3.63, 3.8) is 0 Å². The van der Waals surface area contributed by atoms with Crippen LogP contribution in [0.2, 0.25) is 0 Å². The van der Waals surface area contributed by atoms with E-state index in [1.807, 2.05) is 59.7 Å². The van der Waals surface area contributed by atoms with Crippen LogP contribution in [0.3, 0.4) is 0 Å². The van der Waals surface area contributed by atoms with Gasteiger partial charge < -0.3 is 14.2 Å². The van der Waals surface area contributed by atoms with Gasteiger partial charge in [-0.15, -0.1) is 11.3 Å². The average molecular weight is 447 g/mol. The Balaban J connectivity index is 1.30. The van der Waals surface area contributed by atoms with Gasteiger partial charge >= 0.3 is 0 Å². The maximum atomic E-state index is 12.8. The van der Waals surface area contributed by atoms with Crippen LogP contribution in [0.5, 0.6) is 5.75 Å². The summed E-state index contributed by atoms with van der Waals surface area (Å²) in [6.45, 7) is 3.88. The zero-order chi connectivity index (χ0) is 21.9. The standard InChI is InChI=1S/C25H26N4O2S/c1-18-26-19(17-32-18)15-25(30)28-13-11-20(12-14-28)29-23-10-6-5-9-22(23)27-24(29)16-31-21-7-3-2-4-8-21/h2-10,17,20H,11-16H2,1H3. The highest BCUT2D eigenvalue weighted by atomic mass is 32.1. The third-order valence-electron chi connectivity index (χ3n) is 5.96. The van der Waals surface area contributed by atoms with E-state index in [0.29, 0.717) is 19.1 Å². The second-order valence-electron chi connectivity index (χ2n) is 8.14. The average Bonchev–Trinajstić information content (AvgIpc) is 3.41. The first-order chi connectivity index (χ1) is 15.7. The molecule has 2 aromatic heterocycles. The number of fused-ring (bicyclic) bond motifs is 1. The van der Waals surface area contributed by atoms with Crippen LogP contribution >= 0.6 is 11.3 Å². The van der Waals surface area contributed by atoms with E-state index < -0.39 is 0 Å². The summed E-state index contributed by atoms with van der Waals surface area (Å²) in [7, 11) is 0. The predicted octanol–water partition coefficient (Wildman–Crippen LogP) is 4.79. The van der Waals surface area contributed by atoms with Gasteiger partial charge in [0.1, 0.15) is 18.2 Å². The minimum absolute atomic E-state index is 0.164. The van der Waals surface area contributed by atoms with Crippen LogP contribution in [0.1, 0.15) is 35.4 Å². The Morgan fingerprint density at radius 1 is 1.06 bits per heavy atom. The van der Waals surface area contributed by atoms with Crippen LogP contribution in [0.25, 0.3) is 11.0 Å². The number of piperidine rings is 1. The maximum absolute atomic E-state index is 12.8. The van der Waals surface area contributed by atoms with Crippen LogP contribution in [-0.4, -0.2) is 38.4 Å². The Bertz CT molecular complexity index is 1210. The van der Waals surface area contributed by atoms with Gasteiger partial charge in [-0.1, -0.05) is 30.3 Å². The third kappa shape index (κ3) is 4.39. The van der Waals surface area contributed by atoms with Gasteiger partial charge in [0.05, 0.1) is 28.2 Å². The van der Waals surface area contributed by atoms with Gasteiger partial charge in [-0.05, 0) is 44.0 Å². The second kappa shape index (κ2) is 9.12. The summed E-state index contributed by atoms with van der Waals surface area (Å²) in [4.78, 5) is 24.0. The first-order valence-electron chi connectivity index (χ1n) is 11.0. The van der Waals surface area contributed by atoms with Crippen LogP contribution in [0, 0.1) is 6.92 Å². The lowest BCUT2D eigenvalue weighted by Gasteiger charge is -2.33. The van der Waals surface area contributed by atoms with Crippen molar-refractivity contribution in [1.29, 1.82) is 0 Å². The lowest BCUT2D eigenvalue weighted by Crippen LogP contribution is -2.40. The molecule has 1 amide bonds. The summed E-state index contributed by atoms with van der Waals surface area (Å²) in [6.07, 6.45) is 2.19. The van der Waals surface area contributed by atoms with Crippen molar-refractivity contribution in [2.75, 3.05) is 13.1 Å². The second-order valence-corrected chi connectivity index (χ2v) is 9.20. The largest absolute Gasteiger partial charge is 0.486 e. The molecule has 0 saturated carbocycles. The topological polar surface area (TPSA) is 60.2 Å². The van der Waals surface area contributed by atoms with Crippen molar-refractivity contribution in [1.82, 2.24) is 19.4 Å². The Morgan fingerprint density at radius 2 is 1.81 bits per heavy atom. The summed E-state index contributed by atoms with van der Waals surface area (Å²) >= 11 is 1.59. The fourth-order valence-corrected chi connectivity index (χ4v) is 5.01. The van der Waals surface area contributed by atoms with E-state index >= 15 is 0 Å². The highest BCUT2D eigenvalue weighted by Gasteiger charge is 2.27. The first kappa shape index (κ1) is 20.7. The molecule has 0 atom stereocenters. The van der Waals surface area contributed by atoms with Gasteiger partial charge in [-0.25, -0.2) is 9.97 Å². The maximum Gasteiger partial charge on any atom is 0.228 e. The van der Waals surface area contributed by atoms with E-state index in [0.717, 1.165) is 59.2 Å². The summed E-state index contributed by atoms with van der Waals surface area (Å²) in [5, 5.41) is 2.99. The number of benzene rings is 2. The molecule has 0 unspecified atom stereocenters. The molecule has 2 aromatic carbocycles. The molecular weight excluding hydrogens is 420 g/mol. The number of likely N-dealkylation sites (tertiary alicyclic amines) is 1. The van der Waals surface area contributed by atoms with Crippen LogP contribution in [0.15, 0.2) is 60.0 Å². The number of aryl methyl sites for hydroxylation is 1. The molecule has 4 aromatic rings. The summed E-state index contributed by atoms with van der Waals surface area (Å²) in [5.41, 5.74) is 2.99. The number of nitrogens with zero attached hydrogens (tertiary/aromatic N) is 4. The van der Waals surface area contributed by atoms with Crippen molar-refractivity contribution < 1.29 is 9.53 Å². The molecule has 1 aliphatic heterocycles. The lowest BCUT2D eigenvalue weighted by atomic mass is 10.0. The van der Waals surface area contributed by atoms with Gasteiger partial charge in [0.25, 0.3) is 0 Å². The van der Waals surface area contributed by atoms with Gasteiger partial charge in [0, 0.05) is 24.5 Å². The third-order valence-corrected chi connectivity index (χ3v) is 6.78.